The fraction of sp³-hybridized carbons (Fsp3) is 0.222. The number of anilines is 3. The number of benzene rings is 1. The maximum atomic E-state index is 13.1. The summed E-state index contributed by atoms with van der Waals surface area (Å²) in [6.45, 7) is 0. The number of nitrogens with zero attached hydrogens (tertiary/aromatic N) is 4. The van der Waals surface area contributed by atoms with Crippen LogP contribution in [0.25, 0.3) is 21.9 Å². The van der Waals surface area contributed by atoms with E-state index in [4.69, 9.17) is 0 Å². The summed E-state index contributed by atoms with van der Waals surface area (Å²) in [7, 11) is 0. The third-order valence-electron chi connectivity index (χ3n) is 4.65. The number of H-pyrrole nitrogens is 1. The number of rotatable bonds is 4. The van der Waals surface area contributed by atoms with Crippen molar-refractivity contribution in [3.8, 4) is 0 Å². The van der Waals surface area contributed by atoms with Gasteiger partial charge in [-0.3, -0.25) is 5.10 Å². The molecular weight excluding hydrogens is 352 g/mol. The Balaban J connectivity index is 1.42. The summed E-state index contributed by atoms with van der Waals surface area (Å²) in [5.74, 6) is -1.28. The average Bonchev–Trinajstić information content (AvgIpc) is 3.03. The van der Waals surface area contributed by atoms with Crippen LogP contribution in [-0.4, -0.2) is 37.1 Å². The van der Waals surface area contributed by atoms with Crippen molar-refractivity contribution in [3.05, 3.63) is 42.9 Å². The molecule has 3 N–H and O–H groups in total. The van der Waals surface area contributed by atoms with Gasteiger partial charge in [-0.05, 0) is 29.7 Å². The summed E-state index contributed by atoms with van der Waals surface area (Å²) >= 11 is 0. The molecule has 5 rings (SSSR count). The van der Waals surface area contributed by atoms with E-state index in [9.17, 15) is 8.78 Å². The predicted molar refractivity (Wildman–Crippen MR) is 98.3 cm³/mol. The number of hydrogen-bond donors (Lipinski definition) is 3. The minimum Gasteiger partial charge on any atom is -0.366 e. The molecule has 0 radical (unpaired) electrons. The van der Waals surface area contributed by atoms with Gasteiger partial charge < -0.3 is 10.6 Å². The number of aromatic nitrogens is 5. The maximum Gasteiger partial charge on any atom is 0.252 e. The van der Waals surface area contributed by atoms with Crippen molar-refractivity contribution in [1.82, 2.24) is 25.1 Å². The SMILES string of the molecule is FC1(F)CC(Nc2nccc3cc(Nc4[nH]nc5nccnc45)ccc23)C1. The zero-order valence-corrected chi connectivity index (χ0v) is 14.1. The molecule has 1 fully saturated rings. The van der Waals surface area contributed by atoms with Crippen LogP contribution in [0.3, 0.4) is 0 Å². The van der Waals surface area contributed by atoms with E-state index < -0.39 is 5.92 Å². The van der Waals surface area contributed by atoms with E-state index in [0.29, 0.717) is 22.8 Å². The molecule has 0 spiro atoms. The average molecular weight is 367 g/mol. The number of alkyl halides is 2. The summed E-state index contributed by atoms with van der Waals surface area (Å²) in [6.07, 6.45) is 4.55. The highest BCUT2D eigenvalue weighted by Crippen LogP contribution is 2.39. The molecule has 0 amide bonds. The van der Waals surface area contributed by atoms with E-state index in [-0.39, 0.29) is 18.9 Å². The molecule has 3 aromatic heterocycles. The Bertz CT molecular complexity index is 1130. The number of pyridine rings is 1. The quantitative estimate of drug-likeness (QED) is 0.507. The summed E-state index contributed by atoms with van der Waals surface area (Å²) < 4.78 is 26.1. The minimum absolute atomic E-state index is 0.154. The van der Waals surface area contributed by atoms with E-state index in [1.54, 1.807) is 18.6 Å². The van der Waals surface area contributed by atoms with Crippen molar-refractivity contribution in [2.45, 2.75) is 24.8 Å². The van der Waals surface area contributed by atoms with Crippen molar-refractivity contribution in [2.75, 3.05) is 10.6 Å². The number of fused-ring (bicyclic) bond motifs is 2. The molecule has 1 aromatic carbocycles. The zero-order valence-electron chi connectivity index (χ0n) is 14.1. The molecule has 3 heterocycles. The van der Waals surface area contributed by atoms with Gasteiger partial charge in [0.2, 0.25) is 5.65 Å². The molecule has 9 heteroatoms. The van der Waals surface area contributed by atoms with Gasteiger partial charge in [-0.1, -0.05) is 0 Å². The number of halogens is 2. The maximum absolute atomic E-state index is 13.1. The molecule has 1 saturated carbocycles. The van der Waals surface area contributed by atoms with Gasteiger partial charge in [0.25, 0.3) is 5.92 Å². The van der Waals surface area contributed by atoms with Crippen LogP contribution < -0.4 is 10.6 Å². The third-order valence-corrected chi connectivity index (χ3v) is 4.65. The Hall–Kier alpha value is -3.36. The molecule has 0 saturated heterocycles. The van der Waals surface area contributed by atoms with Crippen molar-refractivity contribution < 1.29 is 8.78 Å². The first-order valence-corrected chi connectivity index (χ1v) is 8.53. The third kappa shape index (κ3) is 2.90. The van der Waals surface area contributed by atoms with E-state index in [1.807, 2.05) is 24.3 Å². The monoisotopic (exact) mass is 367 g/mol. The van der Waals surface area contributed by atoms with Gasteiger partial charge in [0, 0.05) is 48.5 Å². The van der Waals surface area contributed by atoms with Gasteiger partial charge in [0.1, 0.15) is 5.82 Å². The molecule has 0 atom stereocenters. The first kappa shape index (κ1) is 15.9. The van der Waals surface area contributed by atoms with Crippen LogP contribution in [0.2, 0.25) is 0 Å². The summed E-state index contributed by atoms with van der Waals surface area (Å²) in [5, 5.41) is 15.2. The topological polar surface area (TPSA) is 91.4 Å². The number of hydrogen-bond acceptors (Lipinski definition) is 6. The standard InChI is InChI=1S/C18H15F2N7/c19-18(20)8-12(9-18)25-15-13-2-1-11(7-10(13)3-4-22-15)24-17-14-16(26-27-17)23-6-5-21-14/h1-7,12H,8-9H2,(H,22,25)(H2,23,24,26,27). The summed E-state index contributed by atoms with van der Waals surface area (Å²) in [6, 6.07) is 7.40. The molecule has 0 aliphatic heterocycles. The zero-order chi connectivity index (χ0) is 18.4. The fourth-order valence-corrected chi connectivity index (χ4v) is 3.31. The molecule has 27 heavy (non-hydrogen) atoms. The smallest absolute Gasteiger partial charge is 0.252 e. The summed E-state index contributed by atoms with van der Waals surface area (Å²) in [4.78, 5) is 12.7. The Labute approximate surface area is 152 Å². The molecular formula is C18H15F2N7. The highest BCUT2D eigenvalue weighted by Gasteiger charge is 2.45. The lowest BCUT2D eigenvalue weighted by Gasteiger charge is -2.35. The van der Waals surface area contributed by atoms with Crippen molar-refractivity contribution in [3.63, 3.8) is 0 Å². The predicted octanol–water partition coefficient (Wildman–Crippen LogP) is 3.85. The molecule has 0 bridgehead atoms. The van der Waals surface area contributed by atoms with E-state index in [2.05, 4.69) is 35.8 Å². The molecule has 7 nitrogen and oxygen atoms in total. The summed E-state index contributed by atoms with van der Waals surface area (Å²) in [5.41, 5.74) is 2.03. The normalized spacial score (nSPS) is 16.4. The minimum atomic E-state index is -2.56. The van der Waals surface area contributed by atoms with Crippen molar-refractivity contribution >= 4 is 39.3 Å². The lowest BCUT2D eigenvalue weighted by atomic mass is 9.88. The van der Waals surface area contributed by atoms with Crippen molar-refractivity contribution in [1.29, 1.82) is 0 Å². The Morgan fingerprint density at radius 1 is 1.04 bits per heavy atom. The largest absolute Gasteiger partial charge is 0.366 e. The lowest BCUT2D eigenvalue weighted by Crippen LogP contribution is -2.44. The van der Waals surface area contributed by atoms with Crippen molar-refractivity contribution in [2.24, 2.45) is 0 Å². The van der Waals surface area contributed by atoms with E-state index in [1.165, 1.54) is 0 Å². The number of aromatic amines is 1. The van der Waals surface area contributed by atoms with Crippen LogP contribution in [0.1, 0.15) is 12.8 Å². The van der Waals surface area contributed by atoms with Gasteiger partial charge in [-0.2, -0.15) is 5.10 Å². The van der Waals surface area contributed by atoms with E-state index >= 15 is 0 Å². The van der Waals surface area contributed by atoms with Gasteiger partial charge in [-0.15, -0.1) is 0 Å². The van der Waals surface area contributed by atoms with Crippen LogP contribution in [0.4, 0.5) is 26.1 Å². The van der Waals surface area contributed by atoms with Crippen LogP contribution in [0.15, 0.2) is 42.9 Å². The highest BCUT2D eigenvalue weighted by molar-refractivity contribution is 5.95. The lowest BCUT2D eigenvalue weighted by molar-refractivity contribution is -0.0793. The second-order valence-corrected chi connectivity index (χ2v) is 6.65. The molecule has 1 aliphatic carbocycles. The molecule has 0 unspecified atom stereocenters. The Kier molecular flexibility index (Phi) is 3.43. The molecule has 1 aliphatic rings. The molecule has 4 aromatic rings. The van der Waals surface area contributed by atoms with Gasteiger partial charge in [-0.25, -0.2) is 23.7 Å². The van der Waals surface area contributed by atoms with Crippen LogP contribution in [0.5, 0.6) is 0 Å². The Morgan fingerprint density at radius 3 is 2.74 bits per heavy atom. The second-order valence-electron chi connectivity index (χ2n) is 6.65. The van der Waals surface area contributed by atoms with Crippen LogP contribution in [-0.2, 0) is 0 Å². The van der Waals surface area contributed by atoms with Gasteiger partial charge >= 0.3 is 0 Å². The second kappa shape index (κ2) is 5.83. The fourth-order valence-electron chi connectivity index (χ4n) is 3.31. The van der Waals surface area contributed by atoms with Gasteiger partial charge in [0.05, 0.1) is 0 Å². The molecule has 136 valence electrons. The highest BCUT2D eigenvalue weighted by atomic mass is 19.3. The first-order chi connectivity index (χ1) is 13.1. The van der Waals surface area contributed by atoms with E-state index in [0.717, 1.165) is 16.5 Å². The Morgan fingerprint density at radius 2 is 1.89 bits per heavy atom. The van der Waals surface area contributed by atoms with Gasteiger partial charge in [0.15, 0.2) is 11.3 Å². The number of nitrogens with one attached hydrogen (secondary N) is 3. The van der Waals surface area contributed by atoms with Crippen LogP contribution in [0, 0.1) is 0 Å². The first-order valence-electron chi connectivity index (χ1n) is 8.53. The van der Waals surface area contributed by atoms with Crippen LogP contribution >= 0.6 is 0 Å².